The number of urea groups is 1. The molecule has 0 aliphatic carbocycles. The highest BCUT2D eigenvalue weighted by atomic mass is 16.2. The summed E-state index contributed by atoms with van der Waals surface area (Å²) >= 11 is 0. The molecular weight excluding hydrogens is 308 g/mol. The molecule has 2 atom stereocenters. The lowest BCUT2D eigenvalue weighted by molar-refractivity contribution is -0.139. The van der Waals surface area contributed by atoms with Crippen LogP contribution in [0.3, 0.4) is 0 Å². The van der Waals surface area contributed by atoms with E-state index in [0.29, 0.717) is 12.1 Å². The molecule has 0 bridgehead atoms. The third-order valence-corrected chi connectivity index (χ3v) is 4.59. The van der Waals surface area contributed by atoms with Gasteiger partial charge in [-0.1, -0.05) is 29.8 Å². The highest BCUT2D eigenvalue weighted by Crippen LogP contribution is 2.29. The number of hydrogen-bond acceptors (Lipinski definition) is 4. The molecule has 0 aromatic heterocycles. The largest absolute Gasteiger partial charge is 0.340 e. The highest BCUT2D eigenvalue weighted by Gasteiger charge is 2.49. The molecule has 24 heavy (non-hydrogen) atoms. The average molecular weight is 332 g/mol. The summed E-state index contributed by atoms with van der Waals surface area (Å²) < 4.78 is 0. The van der Waals surface area contributed by atoms with E-state index < -0.39 is 17.5 Å². The zero-order valence-electron chi connectivity index (χ0n) is 14.5. The lowest BCUT2D eigenvalue weighted by Gasteiger charge is -2.26. The number of benzene rings is 1. The number of likely N-dealkylation sites (N-methyl/N-ethyl adjacent to an activating group) is 1. The lowest BCUT2D eigenvalue weighted by atomic mass is 9.91. The Morgan fingerprint density at radius 1 is 1.33 bits per heavy atom. The smallest absolute Gasteiger partial charge is 0.325 e. The van der Waals surface area contributed by atoms with Crippen LogP contribution in [0.4, 0.5) is 4.79 Å². The van der Waals surface area contributed by atoms with Crippen molar-refractivity contribution in [2.75, 3.05) is 20.1 Å². The van der Waals surface area contributed by atoms with Crippen molar-refractivity contribution >= 4 is 17.8 Å². The first-order chi connectivity index (χ1) is 11.2. The molecule has 7 nitrogen and oxygen atoms in total. The second-order valence-electron chi connectivity index (χ2n) is 6.40. The topological polar surface area (TPSA) is 95.7 Å². The van der Waals surface area contributed by atoms with Crippen molar-refractivity contribution in [1.29, 1.82) is 0 Å². The number of carbonyl (C=O) groups excluding carboxylic acids is 3. The summed E-state index contributed by atoms with van der Waals surface area (Å²) in [7, 11) is 1.61. The molecular formula is C17H24N4O3. The van der Waals surface area contributed by atoms with Gasteiger partial charge in [-0.3, -0.25) is 14.5 Å². The van der Waals surface area contributed by atoms with Crippen molar-refractivity contribution in [3.8, 4) is 0 Å². The monoisotopic (exact) mass is 332 g/mol. The minimum Gasteiger partial charge on any atom is -0.340 e. The van der Waals surface area contributed by atoms with E-state index in [4.69, 9.17) is 5.73 Å². The Morgan fingerprint density at radius 3 is 2.46 bits per heavy atom. The zero-order valence-corrected chi connectivity index (χ0v) is 14.5. The molecule has 1 aromatic rings. The van der Waals surface area contributed by atoms with Crippen molar-refractivity contribution < 1.29 is 14.4 Å². The molecule has 0 saturated carbocycles. The summed E-state index contributed by atoms with van der Waals surface area (Å²) in [6.45, 7) is 5.41. The van der Waals surface area contributed by atoms with E-state index in [-0.39, 0.29) is 18.5 Å². The molecule has 2 unspecified atom stereocenters. The van der Waals surface area contributed by atoms with Crippen LogP contribution < -0.4 is 11.1 Å². The lowest BCUT2D eigenvalue weighted by Crippen LogP contribution is -2.47. The van der Waals surface area contributed by atoms with Crippen LogP contribution in [-0.4, -0.2) is 53.8 Å². The van der Waals surface area contributed by atoms with Gasteiger partial charge >= 0.3 is 6.03 Å². The van der Waals surface area contributed by atoms with Gasteiger partial charge in [0.2, 0.25) is 5.91 Å². The number of hydrogen-bond donors (Lipinski definition) is 2. The standard InChI is InChI=1S/C17H24N4O3/c1-11-5-7-13(8-6-11)17(3)15(23)21(16(24)19-17)10-14(22)20(4)12(2)9-18/h5-8,12H,9-10,18H2,1-4H3,(H,19,24). The van der Waals surface area contributed by atoms with Crippen LogP contribution in [0.2, 0.25) is 0 Å². The molecule has 3 N–H and O–H groups in total. The second kappa shape index (κ2) is 6.60. The van der Waals surface area contributed by atoms with Gasteiger partial charge in [0.05, 0.1) is 0 Å². The number of aryl methyl sites for hydroxylation is 1. The van der Waals surface area contributed by atoms with Gasteiger partial charge in [-0.25, -0.2) is 4.79 Å². The van der Waals surface area contributed by atoms with Crippen LogP contribution >= 0.6 is 0 Å². The van der Waals surface area contributed by atoms with E-state index in [9.17, 15) is 14.4 Å². The predicted octanol–water partition coefficient (Wildman–Crippen LogP) is 0.568. The quantitative estimate of drug-likeness (QED) is 0.771. The Bertz CT molecular complexity index is 658. The van der Waals surface area contributed by atoms with Gasteiger partial charge in [0.1, 0.15) is 12.1 Å². The summed E-state index contributed by atoms with van der Waals surface area (Å²) in [6, 6.07) is 6.64. The Morgan fingerprint density at radius 2 is 1.92 bits per heavy atom. The Labute approximate surface area is 141 Å². The van der Waals surface area contributed by atoms with E-state index in [2.05, 4.69) is 5.32 Å². The number of nitrogens with two attached hydrogens (primary N) is 1. The van der Waals surface area contributed by atoms with E-state index >= 15 is 0 Å². The molecule has 1 saturated heterocycles. The highest BCUT2D eigenvalue weighted by molar-refractivity contribution is 6.09. The first-order valence-electron chi connectivity index (χ1n) is 7.87. The second-order valence-corrected chi connectivity index (χ2v) is 6.40. The molecule has 1 aliphatic heterocycles. The first-order valence-corrected chi connectivity index (χ1v) is 7.87. The SMILES string of the molecule is Cc1ccc(C2(C)NC(=O)N(CC(=O)N(C)C(C)CN)C2=O)cc1. The van der Waals surface area contributed by atoms with Crippen LogP contribution in [-0.2, 0) is 15.1 Å². The predicted molar refractivity (Wildman–Crippen MR) is 90.1 cm³/mol. The van der Waals surface area contributed by atoms with E-state index in [1.807, 2.05) is 19.1 Å². The fourth-order valence-electron chi connectivity index (χ4n) is 2.57. The number of imide groups is 1. The summed E-state index contributed by atoms with van der Waals surface area (Å²) in [6.07, 6.45) is 0. The van der Waals surface area contributed by atoms with Crippen LogP contribution in [0.5, 0.6) is 0 Å². The Kier molecular flexibility index (Phi) is 4.94. The maximum Gasteiger partial charge on any atom is 0.325 e. The molecule has 7 heteroatoms. The minimum atomic E-state index is -1.16. The van der Waals surface area contributed by atoms with Crippen LogP contribution in [0, 0.1) is 6.92 Å². The van der Waals surface area contributed by atoms with Crippen LogP contribution in [0.1, 0.15) is 25.0 Å². The van der Waals surface area contributed by atoms with E-state index in [1.165, 1.54) is 4.90 Å². The Hall–Kier alpha value is -2.41. The van der Waals surface area contributed by atoms with Crippen LogP contribution in [0.25, 0.3) is 0 Å². The molecule has 0 spiro atoms. The summed E-state index contributed by atoms with van der Waals surface area (Å²) in [4.78, 5) is 39.7. The maximum absolute atomic E-state index is 12.8. The fourth-order valence-corrected chi connectivity index (χ4v) is 2.57. The van der Waals surface area contributed by atoms with Crippen molar-refractivity contribution in [2.45, 2.75) is 32.4 Å². The van der Waals surface area contributed by atoms with Crippen molar-refractivity contribution in [2.24, 2.45) is 5.73 Å². The van der Waals surface area contributed by atoms with Gasteiger partial charge < -0.3 is 16.0 Å². The van der Waals surface area contributed by atoms with Crippen LogP contribution in [0.15, 0.2) is 24.3 Å². The third-order valence-electron chi connectivity index (χ3n) is 4.59. The van der Waals surface area contributed by atoms with Crippen molar-refractivity contribution in [3.63, 3.8) is 0 Å². The minimum absolute atomic E-state index is 0.165. The molecule has 1 aromatic carbocycles. The molecule has 1 heterocycles. The molecule has 2 rings (SSSR count). The van der Waals surface area contributed by atoms with Crippen molar-refractivity contribution in [3.05, 3.63) is 35.4 Å². The maximum atomic E-state index is 12.8. The number of rotatable bonds is 5. The molecule has 1 fully saturated rings. The van der Waals surface area contributed by atoms with Gasteiger partial charge in [0, 0.05) is 19.6 Å². The van der Waals surface area contributed by atoms with Gasteiger partial charge in [-0.15, -0.1) is 0 Å². The number of nitrogens with one attached hydrogen (secondary N) is 1. The zero-order chi connectivity index (χ0) is 18.1. The number of carbonyl (C=O) groups is 3. The molecule has 0 radical (unpaired) electrons. The summed E-state index contributed by atoms with van der Waals surface area (Å²) in [5.41, 5.74) is 6.13. The van der Waals surface area contributed by atoms with Gasteiger partial charge in [0.25, 0.3) is 5.91 Å². The van der Waals surface area contributed by atoms with Crippen molar-refractivity contribution in [1.82, 2.24) is 15.1 Å². The summed E-state index contributed by atoms with van der Waals surface area (Å²) in [5, 5.41) is 2.70. The van der Waals surface area contributed by atoms with E-state index in [1.54, 1.807) is 33.0 Å². The normalized spacial score (nSPS) is 21.6. The fraction of sp³-hybridized carbons (Fsp3) is 0.471. The average Bonchev–Trinajstić information content (AvgIpc) is 2.78. The number of amides is 4. The third kappa shape index (κ3) is 3.12. The molecule has 130 valence electrons. The van der Waals surface area contributed by atoms with Gasteiger partial charge in [-0.05, 0) is 26.3 Å². The first kappa shape index (κ1) is 17.9. The van der Waals surface area contributed by atoms with Gasteiger partial charge in [0.15, 0.2) is 0 Å². The van der Waals surface area contributed by atoms with Gasteiger partial charge in [-0.2, -0.15) is 0 Å². The molecule has 1 aliphatic rings. The number of nitrogens with zero attached hydrogens (tertiary/aromatic N) is 2. The Balaban J connectivity index is 2.20. The summed E-state index contributed by atoms with van der Waals surface area (Å²) in [5.74, 6) is -0.761. The molecule has 4 amide bonds. The van der Waals surface area contributed by atoms with E-state index in [0.717, 1.165) is 10.5 Å².